The summed E-state index contributed by atoms with van der Waals surface area (Å²) in [6.07, 6.45) is 1.34. The highest BCUT2D eigenvalue weighted by Gasteiger charge is 2.26. The van der Waals surface area contributed by atoms with Gasteiger partial charge in [-0.2, -0.15) is 0 Å². The Balaban J connectivity index is 1.81. The SMILES string of the molecule is C[C@H](N)C(=O)N[C@H]1CCCN(C(=O)OCc2ccccc2)C1. The van der Waals surface area contributed by atoms with E-state index in [1.54, 1.807) is 11.8 Å². The van der Waals surface area contributed by atoms with Crippen LogP contribution >= 0.6 is 0 Å². The van der Waals surface area contributed by atoms with E-state index in [0.717, 1.165) is 18.4 Å². The van der Waals surface area contributed by atoms with Crippen molar-refractivity contribution in [2.24, 2.45) is 5.73 Å². The smallest absolute Gasteiger partial charge is 0.410 e. The van der Waals surface area contributed by atoms with Crippen molar-refractivity contribution >= 4 is 12.0 Å². The predicted molar refractivity (Wildman–Crippen MR) is 83.0 cm³/mol. The molecular formula is C16H23N3O3. The molecule has 2 amide bonds. The summed E-state index contributed by atoms with van der Waals surface area (Å²) in [5.74, 6) is -0.190. The van der Waals surface area contributed by atoms with Crippen molar-refractivity contribution < 1.29 is 14.3 Å². The van der Waals surface area contributed by atoms with Gasteiger partial charge in [-0.15, -0.1) is 0 Å². The molecule has 0 aliphatic carbocycles. The van der Waals surface area contributed by atoms with E-state index in [1.807, 2.05) is 30.3 Å². The minimum atomic E-state index is -0.541. The molecule has 0 saturated carbocycles. The highest BCUT2D eigenvalue weighted by molar-refractivity contribution is 5.81. The first-order chi connectivity index (χ1) is 10.6. The molecule has 0 aromatic heterocycles. The molecule has 6 heteroatoms. The highest BCUT2D eigenvalue weighted by Crippen LogP contribution is 2.12. The summed E-state index contributed by atoms with van der Waals surface area (Å²) >= 11 is 0. The summed E-state index contributed by atoms with van der Waals surface area (Å²) in [5, 5.41) is 2.86. The predicted octanol–water partition coefficient (Wildman–Crippen LogP) is 1.25. The summed E-state index contributed by atoms with van der Waals surface area (Å²) in [7, 11) is 0. The van der Waals surface area contributed by atoms with E-state index in [0.29, 0.717) is 13.1 Å². The van der Waals surface area contributed by atoms with Gasteiger partial charge in [0, 0.05) is 19.1 Å². The van der Waals surface area contributed by atoms with Gasteiger partial charge >= 0.3 is 6.09 Å². The van der Waals surface area contributed by atoms with Gasteiger partial charge in [-0.25, -0.2) is 4.79 Å². The van der Waals surface area contributed by atoms with Gasteiger partial charge < -0.3 is 20.7 Å². The maximum absolute atomic E-state index is 12.1. The third kappa shape index (κ3) is 4.73. The average Bonchev–Trinajstić information content (AvgIpc) is 2.53. The molecule has 120 valence electrons. The normalized spacial score (nSPS) is 19.4. The molecule has 2 atom stereocenters. The van der Waals surface area contributed by atoms with Crippen molar-refractivity contribution in [3.63, 3.8) is 0 Å². The van der Waals surface area contributed by atoms with Crippen LogP contribution in [0.25, 0.3) is 0 Å². The number of benzene rings is 1. The zero-order valence-corrected chi connectivity index (χ0v) is 12.8. The van der Waals surface area contributed by atoms with E-state index in [2.05, 4.69) is 5.32 Å². The zero-order valence-electron chi connectivity index (χ0n) is 12.8. The van der Waals surface area contributed by atoms with Crippen molar-refractivity contribution in [3.05, 3.63) is 35.9 Å². The van der Waals surface area contributed by atoms with Gasteiger partial charge in [0.25, 0.3) is 0 Å². The van der Waals surface area contributed by atoms with Crippen molar-refractivity contribution in [2.75, 3.05) is 13.1 Å². The molecule has 0 radical (unpaired) electrons. The summed E-state index contributed by atoms with van der Waals surface area (Å²) in [5.41, 5.74) is 6.50. The Morgan fingerprint density at radius 2 is 2.14 bits per heavy atom. The Kier molecular flexibility index (Phi) is 5.77. The lowest BCUT2D eigenvalue weighted by Gasteiger charge is -2.32. The van der Waals surface area contributed by atoms with Crippen LogP contribution < -0.4 is 11.1 Å². The van der Waals surface area contributed by atoms with Gasteiger partial charge in [-0.3, -0.25) is 4.79 Å². The van der Waals surface area contributed by atoms with E-state index in [1.165, 1.54) is 0 Å². The van der Waals surface area contributed by atoms with Gasteiger partial charge in [-0.1, -0.05) is 30.3 Å². The molecule has 2 rings (SSSR count). The third-order valence-corrected chi connectivity index (χ3v) is 3.64. The second kappa shape index (κ2) is 7.79. The average molecular weight is 305 g/mol. The zero-order chi connectivity index (χ0) is 15.9. The fourth-order valence-corrected chi connectivity index (χ4v) is 2.40. The fourth-order valence-electron chi connectivity index (χ4n) is 2.40. The molecule has 1 aromatic carbocycles. The Labute approximate surface area is 130 Å². The van der Waals surface area contributed by atoms with Crippen LogP contribution in [0.3, 0.4) is 0 Å². The van der Waals surface area contributed by atoms with Gasteiger partial charge in [0.15, 0.2) is 0 Å². The topological polar surface area (TPSA) is 84.7 Å². The van der Waals surface area contributed by atoms with E-state index >= 15 is 0 Å². The summed E-state index contributed by atoms with van der Waals surface area (Å²) in [6, 6.07) is 8.95. The summed E-state index contributed by atoms with van der Waals surface area (Å²) < 4.78 is 5.32. The maximum atomic E-state index is 12.1. The number of nitrogens with zero attached hydrogens (tertiary/aromatic N) is 1. The van der Waals surface area contributed by atoms with Gasteiger partial charge in [-0.05, 0) is 25.3 Å². The van der Waals surface area contributed by atoms with Crippen LogP contribution in [-0.4, -0.2) is 42.1 Å². The maximum Gasteiger partial charge on any atom is 0.410 e. The molecule has 1 saturated heterocycles. The minimum absolute atomic E-state index is 0.0588. The van der Waals surface area contributed by atoms with Crippen molar-refractivity contribution in [1.82, 2.24) is 10.2 Å². The molecule has 3 N–H and O–H groups in total. The quantitative estimate of drug-likeness (QED) is 0.877. The standard InChI is InChI=1S/C16H23N3O3/c1-12(17)15(20)18-14-8-5-9-19(10-14)16(21)22-11-13-6-3-2-4-7-13/h2-4,6-7,12,14H,5,8-11,17H2,1H3,(H,18,20)/t12-,14-/m0/s1. The van der Waals surface area contributed by atoms with Crippen molar-refractivity contribution in [3.8, 4) is 0 Å². The van der Waals surface area contributed by atoms with Gasteiger partial charge in [0.05, 0.1) is 6.04 Å². The number of amides is 2. The molecule has 1 heterocycles. The summed E-state index contributed by atoms with van der Waals surface area (Å²) in [4.78, 5) is 25.4. The molecule has 1 fully saturated rings. The first kappa shape index (κ1) is 16.3. The molecular weight excluding hydrogens is 282 g/mol. The number of carbonyl (C=O) groups excluding carboxylic acids is 2. The molecule has 0 spiro atoms. The number of hydrogen-bond acceptors (Lipinski definition) is 4. The Morgan fingerprint density at radius 1 is 1.41 bits per heavy atom. The summed E-state index contributed by atoms with van der Waals surface area (Å²) in [6.45, 7) is 3.02. The molecule has 1 aromatic rings. The van der Waals surface area contributed by atoms with Crippen LogP contribution in [0.15, 0.2) is 30.3 Å². The molecule has 1 aliphatic heterocycles. The lowest BCUT2D eigenvalue weighted by atomic mass is 10.1. The Hall–Kier alpha value is -2.08. The number of carbonyl (C=O) groups is 2. The van der Waals surface area contributed by atoms with Gasteiger partial charge in [0.2, 0.25) is 5.91 Å². The van der Waals surface area contributed by atoms with Crippen molar-refractivity contribution in [2.45, 2.75) is 38.5 Å². The van der Waals surface area contributed by atoms with Crippen LogP contribution in [0.2, 0.25) is 0 Å². The molecule has 6 nitrogen and oxygen atoms in total. The number of nitrogens with two attached hydrogens (primary N) is 1. The highest BCUT2D eigenvalue weighted by atomic mass is 16.6. The largest absolute Gasteiger partial charge is 0.445 e. The second-order valence-electron chi connectivity index (χ2n) is 5.62. The Bertz CT molecular complexity index is 505. The number of rotatable bonds is 4. The Morgan fingerprint density at radius 3 is 2.82 bits per heavy atom. The van der Waals surface area contributed by atoms with E-state index < -0.39 is 6.04 Å². The molecule has 1 aliphatic rings. The third-order valence-electron chi connectivity index (χ3n) is 3.64. The first-order valence-corrected chi connectivity index (χ1v) is 7.58. The lowest BCUT2D eigenvalue weighted by molar-refractivity contribution is -0.123. The number of hydrogen-bond donors (Lipinski definition) is 2. The van der Waals surface area contributed by atoms with Crippen LogP contribution in [0, 0.1) is 0 Å². The number of piperidine rings is 1. The molecule has 0 bridgehead atoms. The monoisotopic (exact) mass is 305 g/mol. The fraction of sp³-hybridized carbons (Fsp3) is 0.500. The minimum Gasteiger partial charge on any atom is -0.445 e. The molecule has 0 unspecified atom stereocenters. The number of ether oxygens (including phenoxy) is 1. The van der Waals surface area contributed by atoms with Crippen LogP contribution in [0.4, 0.5) is 4.79 Å². The number of likely N-dealkylation sites (tertiary alicyclic amines) is 1. The van der Waals surface area contributed by atoms with E-state index in [-0.39, 0.29) is 24.6 Å². The second-order valence-corrected chi connectivity index (χ2v) is 5.62. The van der Waals surface area contributed by atoms with Gasteiger partial charge in [0.1, 0.15) is 6.61 Å². The lowest BCUT2D eigenvalue weighted by Crippen LogP contribution is -2.52. The van der Waals surface area contributed by atoms with E-state index in [4.69, 9.17) is 10.5 Å². The van der Waals surface area contributed by atoms with E-state index in [9.17, 15) is 9.59 Å². The van der Waals surface area contributed by atoms with Crippen LogP contribution in [0.1, 0.15) is 25.3 Å². The molecule has 22 heavy (non-hydrogen) atoms. The van der Waals surface area contributed by atoms with Crippen molar-refractivity contribution in [1.29, 1.82) is 0 Å². The number of nitrogens with one attached hydrogen (secondary N) is 1. The van der Waals surface area contributed by atoms with Crippen LogP contribution in [-0.2, 0) is 16.1 Å². The van der Waals surface area contributed by atoms with Crippen LogP contribution in [0.5, 0.6) is 0 Å². The first-order valence-electron chi connectivity index (χ1n) is 7.58.